The third-order valence-corrected chi connectivity index (χ3v) is 4.40. The van der Waals surface area contributed by atoms with Crippen molar-refractivity contribution < 1.29 is 4.79 Å². The predicted octanol–water partition coefficient (Wildman–Crippen LogP) is 1.93. The van der Waals surface area contributed by atoms with Crippen molar-refractivity contribution in [2.45, 2.75) is 37.8 Å². The second-order valence-corrected chi connectivity index (χ2v) is 5.44. The third-order valence-electron chi connectivity index (χ3n) is 4.40. The van der Waals surface area contributed by atoms with Gasteiger partial charge in [0.15, 0.2) is 0 Å². The maximum absolute atomic E-state index is 12.2. The van der Waals surface area contributed by atoms with Crippen molar-refractivity contribution >= 4 is 5.91 Å². The number of nitrogens with one attached hydrogen (secondary N) is 1. The average Bonchev–Trinajstić information content (AvgIpc) is 2.71. The Hall–Kier alpha value is -1.35. The number of benzene rings is 1. The molecule has 0 bridgehead atoms. The van der Waals surface area contributed by atoms with E-state index in [0.29, 0.717) is 5.91 Å². The van der Waals surface area contributed by atoms with Crippen LogP contribution in [0.15, 0.2) is 30.3 Å². The van der Waals surface area contributed by atoms with Crippen molar-refractivity contribution in [3.63, 3.8) is 0 Å². The van der Waals surface area contributed by atoms with Crippen LogP contribution in [0.3, 0.4) is 0 Å². The fourth-order valence-corrected chi connectivity index (χ4v) is 3.31. The summed E-state index contributed by atoms with van der Waals surface area (Å²) in [5, 5.41) is 3.40. The summed E-state index contributed by atoms with van der Waals surface area (Å²) >= 11 is 0. The van der Waals surface area contributed by atoms with E-state index in [9.17, 15) is 4.79 Å². The van der Waals surface area contributed by atoms with Crippen molar-refractivity contribution in [2.75, 3.05) is 13.1 Å². The van der Waals surface area contributed by atoms with Crippen LogP contribution in [0, 0.1) is 0 Å². The monoisotopic (exact) mass is 244 g/mol. The maximum Gasteiger partial charge on any atom is 0.223 e. The summed E-state index contributed by atoms with van der Waals surface area (Å²) < 4.78 is 0. The lowest BCUT2D eigenvalue weighted by Gasteiger charge is -2.42. The van der Waals surface area contributed by atoms with Gasteiger partial charge in [-0.05, 0) is 37.9 Å². The van der Waals surface area contributed by atoms with Crippen LogP contribution in [-0.4, -0.2) is 29.4 Å². The lowest BCUT2D eigenvalue weighted by Crippen LogP contribution is -2.51. The first-order chi connectivity index (χ1) is 8.80. The van der Waals surface area contributed by atoms with Gasteiger partial charge in [0.2, 0.25) is 5.91 Å². The number of hydrogen-bond acceptors (Lipinski definition) is 2. The summed E-state index contributed by atoms with van der Waals surface area (Å²) in [4.78, 5) is 14.3. The molecule has 2 fully saturated rings. The number of carbonyl (C=O) groups excluding carboxylic acids is 1. The highest BCUT2D eigenvalue weighted by molar-refractivity contribution is 5.79. The Morgan fingerprint density at radius 2 is 1.83 bits per heavy atom. The normalized spacial score (nSPS) is 22.7. The lowest BCUT2D eigenvalue weighted by atomic mass is 9.85. The molecule has 96 valence electrons. The molecule has 0 radical (unpaired) electrons. The summed E-state index contributed by atoms with van der Waals surface area (Å²) in [5.41, 5.74) is 1.38. The number of carbonyl (C=O) groups is 1. The zero-order chi connectivity index (χ0) is 12.4. The predicted molar refractivity (Wildman–Crippen MR) is 71.1 cm³/mol. The third kappa shape index (κ3) is 2.03. The molecule has 0 unspecified atom stereocenters. The number of amides is 1. The molecular formula is C15H20N2O. The molecule has 1 aromatic rings. The van der Waals surface area contributed by atoms with Crippen LogP contribution in [0.25, 0.3) is 0 Å². The van der Waals surface area contributed by atoms with E-state index >= 15 is 0 Å². The average molecular weight is 244 g/mol. The molecule has 3 nitrogen and oxygen atoms in total. The molecule has 0 aromatic heterocycles. The smallest absolute Gasteiger partial charge is 0.223 e. The Morgan fingerprint density at radius 3 is 2.56 bits per heavy atom. The first-order valence-corrected chi connectivity index (χ1v) is 6.85. The highest BCUT2D eigenvalue weighted by Gasteiger charge is 2.45. The van der Waals surface area contributed by atoms with Gasteiger partial charge in [-0.15, -0.1) is 0 Å². The van der Waals surface area contributed by atoms with E-state index in [4.69, 9.17) is 0 Å². The molecule has 18 heavy (non-hydrogen) atoms. The van der Waals surface area contributed by atoms with Crippen LogP contribution in [0.1, 0.15) is 31.2 Å². The van der Waals surface area contributed by atoms with Gasteiger partial charge in [-0.2, -0.15) is 0 Å². The van der Waals surface area contributed by atoms with E-state index in [1.165, 1.54) is 5.56 Å². The van der Waals surface area contributed by atoms with E-state index in [-0.39, 0.29) is 5.54 Å². The Kier molecular flexibility index (Phi) is 3.08. The van der Waals surface area contributed by atoms with Crippen LogP contribution in [0.2, 0.25) is 0 Å². The topological polar surface area (TPSA) is 32.3 Å². The number of hydrogen-bond donors (Lipinski definition) is 1. The Balaban J connectivity index is 1.81. The van der Waals surface area contributed by atoms with Gasteiger partial charge in [-0.3, -0.25) is 4.79 Å². The second-order valence-electron chi connectivity index (χ2n) is 5.44. The van der Waals surface area contributed by atoms with E-state index in [1.807, 2.05) is 18.2 Å². The van der Waals surface area contributed by atoms with Crippen LogP contribution in [-0.2, 0) is 11.3 Å². The van der Waals surface area contributed by atoms with Gasteiger partial charge >= 0.3 is 0 Å². The molecule has 3 rings (SSSR count). The Bertz CT molecular complexity index is 423. The minimum Gasteiger partial charge on any atom is -0.333 e. The van der Waals surface area contributed by atoms with Crippen molar-refractivity contribution in [3.8, 4) is 0 Å². The van der Waals surface area contributed by atoms with E-state index in [0.717, 1.165) is 45.3 Å². The van der Waals surface area contributed by atoms with E-state index in [2.05, 4.69) is 22.3 Å². The number of likely N-dealkylation sites (tertiary alicyclic amines) is 1. The molecule has 2 aliphatic rings. The molecule has 0 saturated carbocycles. The van der Waals surface area contributed by atoms with Crippen LogP contribution in [0.5, 0.6) is 0 Å². The first-order valence-electron chi connectivity index (χ1n) is 6.85. The van der Waals surface area contributed by atoms with Gasteiger partial charge in [0.05, 0.1) is 0 Å². The Labute approximate surface area is 108 Å². The summed E-state index contributed by atoms with van der Waals surface area (Å²) in [5.74, 6) is 0.334. The van der Waals surface area contributed by atoms with Crippen LogP contribution in [0.4, 0.5) is 0 Å². The molecule has 1 spiro atoms. The minimum atomic E-state index is 0.137. The molecule has 3 heteroatoms. The van der Waals surface area contributed by atoms with E-state index < -0.39 is 0 Å². The largest absolute Gasteiger partial charge is 0.333 e. The van der Waals surface area contributed by atoms with Crippen LogP contribution >= 0.6 is 0 Å². The zero-order valence-corrected chi connectivity index (χ0v) is 10.7. The minimum absolute atomic E-state index is 0.137. The first kappa shape index (κ1) is 11.7. The number of nitrogens with zero attached hydrogens (tertiary/aromatic N) is 1. The fraction of sp³-hybridized carbons (Fsp3) is 0.533. The van der Waals surface area contributed by atoms with Crippen molar-refractivity contribution in [3.05, 3.63) is 35.9 Å². The summed E-state index contributed by atoms with van der Waals surface area (Å²) in [6.07, 6.45) is 3.98. The maximum atomic E-state index is 12.2. The molecule has 1 amide bonds. The summed E-state index contributed by atoms with van der Waals surface area (Å²) in [7, 11) is 0. The SMILES string of the molecule is O=C1CCC2(CCNCC2)N1Cc1ccccc1. The van der Waals surface area contributed by atoms with Crippen LogP contribution < -0.4 is 5.32 Å². The van der Waals surface area contributed by atoms with Gasteiger partial charge in [-0.25, -0.2) is 0 Å². The van der Waals surface area contributed by atoms with Gasteiger partial charge in [0.1, 0.15) is 0 Å². The van der Waals surface area contributed by atoms with Crippen molar-refractivity contribution in [1.82, 2.24) is 10.2 Å². The molecule has 2 saturated heterocycles. The van der Waals surface area contributed by atoms with Gasteiger partial charge < -0.3 is 10.2 Å². The lowest BCUT2D eigenvalue weighted by molar-refractivity contribution is -0.132. The highest BCUT2D eigenvalue weighted by Crippen LogP contribution is 2.38. The fourth-order valence-electron chi connectivity index (χ4n) is 3.31. The zero-order valence-electron chi connectivity index (χ0n) is 10.7. The number of piperidine rings is 1. The molecule has 0 aliphatic carbocycles. The molecule has 2 heterocycles. The summed E-state index contributed by atoms with van der Waals surface area (Å²) in [6.45, 7) is 2.86. The van der Waals surface area contributed by atoms with Crippen molar-refractivity contribution in [2.24, 2.45) is 0 Å². The molecule has 2 aliphatic heterocycles. The van der Waals surface area contributed by atoms with E-state index in [1.54, 1.807) is 0 Å². The molecule has 1 N–H and O–H groups in total. The standard InChI is InChI=1S/C15H20N2O/c18-14-6-7-15(8-10-16-11-9-15)17(14)12-13-4-2-1-3-5-13/h1-5,16H,6-12H2. The molecule has 1 aromatic carbocycles. The van der Waals surface area contributed by atoms with Crippen molar-refractivity contribution in [1.29, 1.82) is 0 Å². The summed E-state index contributed by atoms with van der Waals surface area (Å²) in [6, 6.07) is 10.3. The molecule has 0 atom stereocenters. The molecular weight excluding hydrogens is 224 g/mol. The van der Waals surface area contributed by atoms with Gasteiger partial charge in [0, 0.05) is 18.5 Å². The quantitative estimate of drug-likeness (QED) is 0.862. The second kappa shape index (κ2) is 4.73. The van der Waals surface area contributed by atoms with Gasteiger partial charge in [0.25, 0.3) is 0 Å². The van der Waals surface area contributed by atoms with Gasteiger partial charge in [-0.1, -0.05) is 30.3 Å². The Morgan fingerprint density at radius 1 is 1.11 bits per heavy atom. The highest BCUT2D eigenvalue weighted by atomic mass is 16.2. The number of rotatable bonds is 2.